The van der Waals surface area contributed by atoms with Crippen molar-refractivity contribution in [3.63, 3.8) is 0 Å². The summed E-state index contributed by atoms with van der Waals surface area (Å²) in [5, 5.41) is 13.9. The van der Waals surface area contributed by atoms with Crippen LogP contribution in [0.15, 0.2) is 16.9 Å². The third-order valence-corrected chi connectivity index (χ3v) is 8.60. The number of carbonyl (C=O) groups excluding carboxylic acids is 1. The summed E-state index contributed by atoms with van der Waals surface area (Å²) in [6.45, 7) is 3.76. The molecule has 1 aliphatic rings. The zero-order valence-electron chi connectivity index (χ0n) is 19.9. The quantitative estimate of drug-likeness (QED) is 0.340. The second kappa shape index (κ2) is 11.3. The summed E-state index contributed by atoms with van der Waals surface area (Å²) in [5.74, 6) is -0.876. The van der Waals surface area contributed by atoms with Crippen molar-refractivity contribution in [2.24, 2.45) is 0 Å². The van der Waals surface area contributed by atoms with E-state index in [0.29, 0.717) is 70.2 Å². The summed E-state index contributed by atoms with van der Waals surface area (Å²) >= 11 is 10.6. The van der Waals surface area contributed by atoms with Gasteiger partial charge in [-0.3, -0.25) is 4.79 Å². The first-order chi connectivity index (χ1) is 17.2. The number of hydrogen-bond acceptors (Lipinski definition) is 8. The lowest BCUT2D eigenvalue weighted by atomic mass is 10.0. The van der Waals surface area contributed by atoms with Crippen molar-refractivity contribution in [1.82, 2.24) is 24.8 Å². The monoisotopic (exact) mass is 600 g/mol. The average molecular weight is 602 g/mol. The van der Waals surface area contributed by atoms with Crippen LogP contribution >= 0.6 is 38.9 Å². The zero-order chi connectivity index (χ0) is 26.0. The number of nitrogens with one attached hydrogen (secondary N) is 2. The van der Waals surface area contributed by atoms with Crippen molar-refractivity contribution < 1.29 is 24.2 Å². The molecule has 194 valence electrons. The second-order valence-electron chi connectivity index (χ2n) is 8.26. The second-order valence-corrected chi connectivity index (χ2v) is 10.4. The molecule has 14 heteroatoms. The predicted molar refractivity (Wildman–Crippen MR) is 139 cm³/mol. The summed E-state index contributed by atoms with van der Waals surface area (Å²) in [5.41, 5.74) is 1.37. The Morgan fingerprint density at radius 1 is 1.42 bits per heavy atom. The maximum absolute atomic E-state index is 12.9. The van der Waals surface area contributed by atoms with Gasteiger partial charge in [0.05, 0.1) is 28.2 Å². The minimum absolute atomic E-state index is 0.114. The van der Waals surface area contributed by atoms with Gasteiger partial charge in [-0.25, -0.2) is 14.8 Å². The number of H-pyrrole nitrogens is 1. The number of thiazole rings is 1. The molecule has 4 rings (SSSR count). The van der Waals surface area contributed by atoms with E-state index in [9.17, 15) is 14.7 Å². The number of piperidine rings is 1. The Labute approximate surface area is 224 Å². The Morgan fingerprint density at radius 2 is 2.19 bits per heavy atom. The highest BCUT2D eigenvalue weighted by atomic mass is 79.9. The van der Waals surface area contributed by atoms with E-state index in [2.05, 4.69) is 36.2 Å². The largest absolute Gasteiger partial charge is 0.477 e. The summed E-state index contributed by atoms with van der Waals surface area (Å²) in [4.78, 5) is 39.0. The van der Waals surface area contributed by atoms with Gasteiger partial charge >= 0.3 is 5.97 Å². The number of halogens is 2. The van der Waals surface area contributed by atoms with E-state index >= 15 is 0 Å². The minimum atomic E-state index is -1.06. The van der Waals surface area contributed by atoms with Crippen LogP contribution in [0, 0.1) is 6.92 Å². The number of ether oxygens (including phenoxy) is 2. The van der Waals surface area contributed by atoms with E-state index in [-0.39, 0.29) is 22.9 Å². The number of rotatable bonds is 9. The van der Waals surface area contributed by atoms with Crippen molar-refractivity contribution in [3.8, 4) is 11.5 Å². The van der Waals surface area contributed by atoms with Gasteiger partial charge in [-0.2, -0.15) is 0 Å². The molecule has 0 spiro atoms. The SMILES string of the molecule is COCCn1ccnc1-c1nc(N2CC[C@@H](NC(=O)c3[nH]c(C)c(Cl)c3Br)[C@@H](OC)C2)sc1C(=O)O. The molecule has 3 aromatic rings. The molecule has 3 aromatic heterocycles. The van der Waals surface area contributed by atoms with E-state index < -0.39 is 5.97 Å². The number of aromatic nitrogens is 4. The van der Waals surface area contributed by atoms with Crippen molar-refractivity contribution in [1.29, 1.82) is 0 Å². The van der Waals surface area contributed by atoms with E-state index in [4.69, 9.17) is 21.1 Å². The van der Waals surface area contributed by atoms with Crippen LogP contribution in [0.2, 0.25) is 5.02 Å². The van der Waals surface area contributed by atoms with Crippen LogP contribution in [-0.2, 0) is 16.0 Å². The molecule has 4 heterocycles. The molecule has 0 unspecified atom stereocenters. The topological polar surface area (TPSA) is 135 Å². The highest BCUT2D eigenvalue weighted by Crippen LogP contribution is 2.34. The molecule has 0 bridgehead atoms. The third-order valence-electron chi connectivity index (χ3n) is 6.00. The maximum atomic E-state index is 12.9. The molecule has 1 saturated heterocycles. The fraction of sp³-hybridized carbons (Fsp3) is 0.455. The van der Waals surface area contributed by atoms with Gasteiger partial charge in [0.25, 0.3) is 5.91 Å². The Hall–Kier alpha value is -2.45. The number of hydrogen-bond donors (Lipinski definition) is 3. The molecule has 11 nitrogen and oxygen atoms in total. The molecule has 0 aromatic carbocycles. The molecular formula is C22H26BrClN6O5S. The minimum Gasteiger partial charge on any atom is -0.477 e. The Bertz CT molecular complexity index is 1260. The molecule has 1 fully saturated rings. The van der Waals surface area contributed by atoms with E-state index in [0.717, 1.165) is 11.3 Å². The Morgan fingerprint density at radius 3 is 2.83 bits per heavy atom. The smallest absolute Gasteiger partial charge is 0.348 e. The fourth-order valence-corrected chi connectivity index (χ4v) is 5.75. The van der Waals surface area contributed by atoms with E-state index in [1.807, 2.05) is 9.47 Å². The van der Waals surface area contributed by atoms with Crippen molar-refractivity contribution in [2.75, 3.05) is 38.8 Å². The van der Waals surface area contributed by atoms with Crippen LogP contribution in [0.5, 0.6) is 0 Å². The molecule has 0 radical (unpaired) electrons. The number of imidazole rings is 1. The summed E-state index contributed by atoms with van der Waals surface area (Å²) in [7, 11) is 3.19. The molecule has 3 N–H and O–H groups in total. The maximum Gasteiger partial charge on any atom is 0.348 e. The van der Waals surface area contributed by atoms with Crippen LogP contribution in [0.1, 0.15) is 32.3 Å². The molecule has 2 atom stereocenters. The average Bonchev–Trinajstić information content (AvgIpc) is 3.57. The van der Waals surface area contributed by atoms with Crippen molar-refractivity contribution in [2.45, 2.75) is 32.0 Å². The Kier molecular flexibility index (Phi) is 8.35. The number of carboxylic acids is 1. The lowest BCUT2D eigenvalue weighted by Gasteiger charge is -2.37. The number of methoxy groups -OCH3 is 2. The van der Waals surface area contributed by atoms with Gasteiger partial charge in [-0.1, -0.05) is 22.9 Å². The van der Waals surface area contributed by atoms with Crippen LogP contribution in [0.3, 0.4) is 0 Å². The van der Waals surface area contributed by atoms with Gasteiger partial charge in [-0.15, -0.1) is 0 Å². The lowest BCUT2D eigenvalue weighted by Crippen LogP contribution is -2.55. The first-order valence-electron chi connectivity index (χ1n) is 11.1. The van der Waals surface area contributed by atoms with Gasteiger partial charge in [0.2, 0.25) is 0 Å². The predicted octanol–water partition coefficient (Wildman–Crippen LogP) is 3.43. The number of aromatic carboxylic acids is 1. The molecule has 0 saturated carbocycles. The Balaban J connectivity index is 1.52. The van der Waals surface area contributed by atoms with Crippen LogP contribution in [0.4, 0.5) is 5.13 Å². The number of aromatic amines is 1. The van der Waals surface area contributed by atoms with Gasteiger partial charge in [0, 0.05) is 51.9 Å². The molecule has 36 heavy (non-hydrogen) atoms. The third kappa shape index (κ3) is 5.30. The van der Waals surface area contributed by atoms with Gasteiger partial charge in [0.1, 0.15) is 16.3 Å². The van der Waals surface area contributed by atoms with Crippen molar-refractivity contribution in [3.05, 3.63) is 38.2 Å². The summed E-state index contributed by atoms with van der Waals surface area (Å²) < 4.78 is 13.2. The van der Waals surface area contributed by atoms with Crippen LogP contribution in [0.25, 0.3) is 11.5 Å². The van der Waals surface area contributed by atoms with Gasteiger partial charge in [-0.05, 0) is 29.3 Å². The van der Waals surface area contributed by atoms with Crippen molar-refractivity contribution >= 4 is 55.9 Å². The van der Waals surface area contributed by atoms with E-state index in [1.54, 1.807) is 33.5 Å². The number of carboxylic acid groups (broad SMARTS) is 1. The highest BCUT2D eigenvalue weighted by molar-refractivity contribution is 9.10. The fourth-order valence-electron chi connectivity index (χ4n) is 4.10. The molecular weight excluding hydrogens is 576 g/mol. The molecule has 1 aliphatic heterocycles. The van der Waals surface area contributed by atoms with Gasteiger partial charge in [0.15, 0.2) is 11.0 Å². The lowest BCUT2D eigenvalue weighted by molar-refractivity contribution is 0.0540. The number of anilines is 1. The number of amides is 1. The summed E-state index contributed by atoms with van der Waals surface area (Å²) in [6.07, 6.45) is 3.62. The van der Waals surface area contributed by atoms with E-state index in [1.165, 1.54) is 0 Å². The van der Waals surface area contributed by atoms with Gasteiger partial charge < -0.3 is 34.3 Å². The molecule has 1 amide bonds. The van der Waals surface area contributed by atoms with Crippen LogP contribution in [-0.4, -0.2) is 82.6 Å². The zero-order valence-corrected chi connectivity index (χ0v) is 23.0. The first kappa shape index (κ1) is 26.6. The number of carbonyl (C=O) groups is 2. The number of nitrogens with zero attached hydrogens (tertiary/aromatic N) is 4. The normalized spacial score (nSPS) is 18.0. The van der Waals surface area contributed by atoms with Crippen LogP contribution < -0.4 is 10.2 Å². The molecule has 0 aliphatic carbocycles. The standard InChI is InChI=1S/C22H26BrClN6O5S/c1-11-15(24)14(23)16(26-11)20(31)27-12-4-6-30(10-13(12)35-3)22-28-17(18(36-22)21(32)33)19-25-5-7-29(19)8-9-34-2/h5,7,12-13,26H,4,6,8-10H2,1-3H3,(H,27,31)(H,32,33)/t12-,13+/m1/s1. The summed E-state index contributed by atoms with van der Waals surface area (Å²) in [6, 6.07) is -0.251. The first-order valence-corrected chi connectivity index (χ1v) is 13.1. The number of aryl methyl sites for hydroxylation is 1. The highest BCUT2D eigenvalue weighted by Gasteiger charge is 2.34.